The van der Waals surface area contributed by atoms with Crippen LogP contribution in [0.2, 0.25) is 0 Å². The van der Waals surface area contributed by atoms with Crippen LogP contribution in [-0.2, 0) is 4.79 Å². The van der Waals surface area contributed by atoms with E-state index in [0.29, 0.717) is 11.7 Å². The van der Waals surface area contributed by atoms with Crippen molar-refractivity contribution in [2.24, 2.45) is 5.92 Å². The quantitative estimate of drug-likeness (QED) is 0.767. The highest BCUT2D eigenvalue weighted by atomic mass is 32.1. The van der Waals surface area contributed by atoms with Crippen molar-refractivity contribution < 1.29 is 4.79 Å². The number of hydrogen-bond acceptors (Lipinski definition) is 6. The first-order valence-electron chi connectivity index (χ1n) is 8.64. The van der Waals surface area contributed by atoms with Gasteiger partial charge in [-0.05, 0) is 25.0 Å². The molecule has 7 heteroatoms. The number of piperidine rings is 1. The summed E-state index contributed by atoms with van der Waals surface area (Å²) >= 11 is 1.43. The van der Waals surface area contributed by atoms with Gasteiger partial charge in [0.2, 0.25) is 5.91 Å². The third-order valence-corrected chi connectivity index (χ3v) is 5.19. The standard InChI is InChI=1S/C19H19N5OS/c25-18(21-19-20-10-12-26-19)15-7-4-11-24(13-15)17-9-8-16(22-23-17)14-5-2-1-3-6-14/h1-3,5-6,8-10,12,15H,4,7,11,13H2,(H,20,21,25). The van der Waals surface area contributed by atoms with Crippen LogP contribution < -0.4 is 10.2 Å². The topological polar surface area (TPSA) is 71.0 Å². The maximum absolute atomic E-state index is 12.5. The van der Waals surface area contributed by atoms with E-state index in [1.54, 1.807) is 6.20 Å². The number of aromatic nitrogens is 3. The zero-order valence-electron chi connectivity index (χ0n) is 14.2. The molecule has 26 heavy (non-hydrogen) atoms. The molecule has 1 aliphatic rings. The van der Waals surface area contributed by atoms with Gasteiger partial charge in [-0.3, -0.25) is 4.79 Å². The first-order valence-corrected chi connectivity index (χ1v) is 9.52. The number of hydrogen-bond donors (Lipinski definition) is 1. The van der Waals surface area contributed by atoms with E-state index in [2.05, 4.69) is 25.4 Å². The van der Waals surface area contributed by atoms with Gasteiger partial charge in [-0.15, -0.1) is 21.5 Å². The molecule has 1 fully saturated rings. The number of nitrogens with zero attached hydrogens (tertiary/aromatic N) is 4. The molecule has 1 N–H and O–H groups in total. The largest absolute Gasteiger partial charge is 0.354 e. The predicted molar refractivity (Wildman–Crippen MR) is 103 cm³/mol. The van der Waals surface area contributed by atoms with Crippen molar-refractivity contribution in [2.75, 3.05) is 23.3 Å². The van der Waals surface area contributed by atoms with Crippen molar-refractivity contribution in [3.63, 3.8) is 0 Å². The third-order valence-electron chi connectivity index (χ3n) is 4.50. The molecule has 0 saturated carbocycles. The molecule has 132 valence electrons. The molecule has 1 amide bonds. The Kier molecular flexibility index (Phi) is 4.88. The lowest BCUT2D eigenvalue weighted by atomic mass is 9.97. The van der Waals surface area contributed by atoms with Crippen LogP contribution >= 0.6 is 11.3 Å². The Morgan fingerprint density at radius 3 is 2.77 bits per heavy atom. The summed E-state index contributed by atoms with van der Waals surface area (Å²) in [5, 5.41) is 14.1. The second kappa shape index (κ2) is 7.61. The normalized spacial score (nSPS) is 17.1. The van der Waals surface area contributed by atoms with E-state index < -0.39 is 0 Å². The fourth-order valence-corrected chi connectivity index (χ4v) is 3.68. The van der Waals surface area contributed by atoms with Crippen LogP contribution in [0, 0.1) is 5.92 Å². The zero-order valence-corrected chi connectivity index (χ0v) is 15.0. The Hall–Kier alpha value is -2.80. The lowest BCUT2D eigenvalue weighted by Gasteiger charge is -2.32. The molecule has 0 radical (unpaired) electrons. The van der Waals surface area contributed by atoms with Crippen LogP contribution in [0.3, 0.4) is 0 Å². The molecule has 1 atom stereocenters. The average molecular weight is 365 g/mol. The SMILES string of the molecule is O=C(Nc1nccs1)C1CCCN(c2ccc(-c3ccccc3)nn2)C1. The molecular weight excluding hydrogens is 346 g/mol. The van der Waals surface area contributed by atoms with Crippen molar-refractivity contribution in [3.05, 3.63) is 54.0 Å². The summed E-state index contributed by atoms with van der Waals surface area (Å²) in [6, 6.07) is 14.0. The van der Waals surface area contributed by atoms with Crippen LogP contribution in [0.5, 0.6) is 0 Å². The van der Waals surface area contributed by atoms with Gasteiger partial charge in [0.25, 0.3) is 0 Å². The molecule has 3 aromatic rings. The Labute approximate surface area is 155 Å². The summed E-state index contributed by atoms with van der Waals surface area (Å²) in [7, 11) is 0. The summed E-state index contributed by atoms with van der Waals surface area (Å²) in [6.45, 7) is 1.54. The molecule has 0 spiro atoms. The van der Waals surface area contributed by atoms with Crippen molar-refractivity contribution in [1.82, 2.24) is 15.2 Å². The first-order chi connectivity index (χ1) is 12.8. The smallest absolute Gasteiger partial charge is 0.231 e. The van der Waals surface area contributed by atoms with Crippen LogP contribution in [0.15, 0.2) is 54.0 Å². The van der Waals surface area contributed by atoms with Crippen LogP contribution in [0.4, 0.5) is 10.9 Å². The molecule has 6 nitrogen and oxygen atoms in total. The number of rotatable bonds is 4. The second-order valence-electron chi connectivity index (χ2n) is 6.25. The van der Waals surface area contributed by atoms with Crippen molar-refractivity contribution >= 4 is 28.2 Å². The Balaban J connectivity index is 1.43. The van der Waals surface area contributed by atoms with Gasteiger partial charge in [-0.1, -0.05) is 30.3 Å². The fourth-order valence-electron chi connectivity index (χ4n) is 3.15. The van der Waals surface area contributed by atoms with Crippen molar-refractivity contribution in [2.45, 2.75) is 12.8 Å². The van der Waals surface area contributed by atoms with Gasteiger partial charge < -0.3 is 10.2 Å². The summed E-state index contributed by atoms with van der Waals surface area (Å²) in [4.78, 5) is 18.7. The van der Waals surface area contributed by atoms with E-state index in [1.165, 1.54) is 11.3 Å². The van der Waals surface area contributed by atoms with E-state index in [1.807, 2.05) is 47.8 Å². The van der Waals surface area contributed by atoms with Gasteiger partial charge in [0, 0.05) is 30.2 Å². The zero-order chi connectivity index (χ0) is 17.8. The number of anilines is 2. The molecule has 1 aromatic carbocycles. The van der Waals surface area contributed by atoms with E-state index >= 15 is 0 Å². The van der Waals surface area contributed by atoms with Gasteiger partial charge in [-0.25, -0.2) is 4.98 Å². The summed E-state index contributed by atoms with van der Waals surface area (Å²) in [6.07, 6.45) is 3.53. The number of thiazole rings is 1. The number of benzene rings is 1. The Morgan fingerprint density at radius 2 is 2.04 bits per heavy atom. The highest BCUT2D eigenvalue weighted by molar-refractivity contribution is 7.13. The van der Waals surface area contributed by atoms with E-state index in [9.17, 15) is 4.79 Å². The highest BCUT2D eigenvalue weighted by Crippen LogP contribution is 2.24. The minimum Gasteiger partial charge on any atom is -0.354 e. The Bertz CT molecular complexity index is 851. The van der Waals surface area contributed by atoms with E-state index in [-0.39, 0.29) is 11.8 Å². The second-order valence-corrected chi connectivity index (χ2v) is 7.15. The van der Waals surface area contributed by atoms with Gasteiger partial charge in [0.15, 0.2) is 10.9 Å². The Morgan fingerprint density at radius 1 is 1.15 bits per heavy atom. The minimum absolute atomic E-state index is 0.0264. The van der Waals surface area contributed by atoms with Crippen LogP contribution in [-0.4, -0.2) is 34.2 Å². The molecule has 3 heterocycles. The number of carbonyl (C=O) groups excluding carboxylic acids is 1. The predicted octanol–water partition coefficient (Wildman–Crippen LogP) is 3.46. The summed E-state index contributed by atoms with van der Waals surface area (Å²) in [5.41, 5.74) is 1.90. The molecule has 2 aromatic heterocycles. The maximum atomic E-state index is 12.5. The lowest BCUT2D eigenvalue weighted by Crippen LogP contribution is -2.41. The molecule has 1 aliphatic heterocycles. The fraction of sp³-hybridized carbons (Fsp3) is 0.263. The molecule has 0 bridgehead atoms. The van der Waals surface area contributed by atoms with Crippen molar-refractivity contribution in [3.8, 4) is 11.3 Å². The van der Waals surface area contributed by atoms with Gasteiger partial charge >= 0.3 is 0 Å². The van der Waals surface area contributed by atoms with Crippen molar-refractivity contribution in [1.29, 1.82) is 0 Å². The van der Waals surface area contributed by atoms with E-state index in [0.717, 1.165) is 36.5 Å². The number of nitrogens with one attached hydrogen (secondary N) is 1. The number of amides is 1. The minimum atomic E-state index is -0.0664. The maximum Gasteiger partial charge on any atom is 0.231 e. The average Bonchev–Trinajstić information content (AvgIpc) is 3.22. The van der Waals surface area contributed by atoms with E-state index in [4.69, 9.17) is 0 Å². The molecule has 1 unspecified atom stereocenters. The number of carbonyl (C=O) groups is 1. The van der Waals surface area contributed by atoms with Gasteiger partial charge in [-0.2, -0.15) is 0 Å². The molecule has 1 saturated heterocycles. The summed E-state index contributed by atoms with van der Waals surface area (Å²) < 4.78 is 0. The van der Waals surface area contributed by atoms with Crippen LogP contribution in [0.25, 0.3) is 11.3 Å². The monoisotopic (exact) mass is 365 g/mol. The summed E-state index contributed by atoms with van der Waals surface area (Å²) in [5.74, 6) is 0.776. The first kappa shape index (κ1) is 16.7. The molecule has 4 rings (SSSR count). The molecule has 0 aliphatic carbocycles. The highest BCUT2D eigenvalue weighted by Gasteiger charge is 2.27. The molecular formula is C19H19N5OS. The van der Waals surface area contributed by atoms with Gasteiger partial charge in [0.05, 0.1) is 11.6 Å². The van der Waals surface area contributed by atoms with Gasteiger partial charge in [0.1, 0.15) is 0 Å². The van der Waals surface area contributed by atoms with Crippen LogP contribution in [0.1, 0.15) is 12.8 Å². The third kappa shape index (κ3) is 3.72. The lowest BCUT2D eigenvalue weighted by molar-refractivity contribution is -0.120.